The molecule has 2 aliphatic rings. The lowest BCUT2D eigenvalue weighted by Crippen LogP contribution is -2.46. The Balaban J connectivity index is 2.00. The summed E-state index contributed by atoms with van der Waals surface area (Å²) in [5, 5.41) is 20.2. The zero-order chi connectivity index (χ0) is 14.0. The molecule has 2 saturated heterocycles. The number of likely N-dealkylation sites (tertiary alicyclic amines) is 1. The van der Waals surface area contributed by atoms with Crippen LogP contribution in [0.4, 0.5) is 0 Å². The zero-order valence-corrected chi connectivity index (χ0v) is 10.3. The maximum atomic E-state index is 12.2. The van der Waals surface area contributed by atoms with Crippen LogP contribution >= 0.6 is 0 Å². The quantitative estimate of drug-likeness (QED) is 0.713. The highest BCUT2D eigenvalue weighted by atomic mass is 16.4. The number of nitriles is 1. The maximum absolute atomic E-state index is 12.2. The van der Waals surface area contributed by atoms with Crippen molar-refractivity contribution >= 4 is 17.8 Å². The Bertz CT molecular complexity index is 456. The number of hydrogen-bond donors (Lipinski definition) is 2. The molecule has 0 aromatic heterocycles. The number of carbonyl (C=O) groups excluding carboxylic acids is 2. The number of nitrogens with one attached hydrogen (secondary N) is 1. The molecule has 3 atom stereocenters. The first-order valence-corrected chi connectivity index (χ1v) is 6.25. The Labute approximate surface area is 110 Å². The molecule has 0 radical (unpaired) electrons. The molecule has 2 N–H and O–H groups in total. The first kappa shape index (κ1) is 13.3. The maximum Gasteiger partial charge on any atom is 0.304 e. The lowest BCUT2D eigenvalue weighted by atomic mass is 10.0. The third-order valence-corrected chi connectivity index (χ3v) is 3.61. The number of carboxylic acid groups (broad SMARTS) is 1. The van der Waals surface area contributed by atoms with E-state index in [1.165, 1.54) is 4.90 Å². The standard InChI is InChI=1S/C12H15N3O4/c13-6-8-2-1-3-15(8)12(19)9-4-7(5-10(16)17)11(18)14-9/h7-9H,1-5H2,(H,14,18)(H,16,17)/t7-,8-,9-/m0/s1. The lowest BCUT2D eigenvalue weighted by molar-refractivity contribution is -0.140. The number of hydrogen-bond acceptors (Lipinski definition) is 4. The highest BCUT2D eigenvalue weighted by molar-refractivity contribution is 5.93. The van der Waals surface area contributed by atoms with E-state index in [0.717, 1.165) is 6.42 Å². The number of nitrogens with zero attached hydrogens (tertiary/aromatic N) is 2. The fourth-order valence-corrected chi connectivity index (χ4v) is 2.65. The van der Waals surface area contributed by atoms with Gasteiger partial charge in [0.2, 0.25) is 11.8 Å². The van der Waals surface area contributed by atoms with Crippen LogP contribution in [0.5, 0.6) is 0 Å². The molecule has 0 saturated carbocycles. The van der Waals surface area contributed by atoms with Crippen molar-refractivity contribution in [1.29, 1.82) is 5.26 Å². The third-order valence-electron chi connectivity index (χ3n) is 3.61. The van der Waals surface area contributed by atoms with Gasteiger partial charge in [-0.3, -0.25) is 14.4 Å². The van der Waals surface area contributed by atoms with Gasteiger partial charge in [0, 0.05) is 6.54 Å². The summed E-state index contributed by atoms with van der Waals surface area (Å²) >= 11 is 0. The first-order chi connectivity index (χ1) is 9.02. The van der Waals surface area contributed by atoms with Gasteiger partial charge in [-0.25, -0.2) is 0 Å². The topological polar surface area (TPSA) is 110 Å². The van der Waals surface area contributed by atoms with Crippen molar-refractivity contribution in [3.05, 3.63) is 0 Å². The van der Waals surface area contributed by atoms with Gasteiger partial charge in [0.1, 0.15) is 12.1 Å². The predicted molar refractivity (Wildman–Crippen MR) is 62.6 cm³/mol. The SMILES string of the molecule is N#C[C@@H]1CCCN1C(=O)[C@@H]1C[C@@H](CC(=O)O)C(=O)N1. The molecule has 0 aliphatic carbocycles. The lowest BCUT2D eigenvalue weighted by Gasteiger charge is -2.22. The largest absolute Gasteiger partial charge is 0.481 e. The smallest absolute Gasteiger partial charge is 0.304 e. The molecule has 0 aromatic carbocycles. The summed E-state index contributed by atoms with van der Waals surface area (Å²) in [4.78, 5) is 35.9. The van der Waals surface area contributed by atoms with E-state index < -0.39 is 29.9 Å². The van der Waals surface area contributed by atoms with Gasteiger partial charge in [0.05, 0.1) is 18.4 Å². The van der Waals surface area contributed by atoms with Gasteiger partial charge in [-0.05, 0) is 19.3 Å². The monoisotopic (exact) mass is 265 g/mol. The molecule has 0 bridgehead atoms. The number of aliphatic carboxylic acids is 1. The van der Waals surface area contributed by atoms with Gasteiger partial charge < -0.3 is 15.3 Å². The molecule has 2 amide bonds. The van der Waals surface area contributed by atoms with E-state index in [-0.39, 0.29) is 18.7 Å². The zero-order valence-electron chi connectivity index (χ0n) is 10.3. The van der Waals surface area contributed by atoms with E-state index in [2.05, 4.69) is 11.4 Å². The molecule has 19 heavy (non-hydrogen) atoms. The van der Waals surface area contributed by atoms with Crippen molar-refractivity contribution in [3.63, 3.8) is 0 Å². The number of carbonyl (C=O) groups is 3. The fraction of sp³-hybridized carbons (Fsp3) is 0.667. The molecule has 2 rings (SSSR count). The Morgan fingerprint density at radius 2 is 2.26 bits per heavy atom. The second-order valence-electron chi connectivity index (χ2n) is 4.91. The van der Waals surface area contributed by atoms with E-state index in [1.54, 1.807) is 0 Å². The van der Waals surface area contributed by atoms with Crippen LogP contribution in [-0.4, -0.2) is 46.4 Å². The number of carboxylic acids is 1. The van der Waals surface area contributed by atoms with Crippen molar-refractivity contribution in [2.75, 3.05) is 6.54 Å². The van der Waals surface area contributed by atoms with Crippen LogP contribution in [0.2, 0.25) is 0 Å². The fourth-order valence-electron chi connectivity index (χ4n) is 2.65. The van der Waals surface area contributed by atoms with Crippen molar-refractivity contribution in [2.24, 2.45) is 5.92 Å². The summed E-state index contributed by atoms with van der Waals surface area (Å²) in [7, 11) is 0. The third kappa shape index (κ3) is 2.67. The van der Waals surface area contributed by atoms with Gasteiger partial charge >= 0.3 is 5.97 Å². The van der Waals surface area contributed by atoms with Gasteiger partial charge in [0.15, 0.2) is 0 Å². The van der Waals surface area contributed by atoms with Crippen molar-refractivity contribution in [2.45, 2.75) is 37.8 Å². The van der Waals surface area contributed by atoms with E-state index in [0.29, 0.717) is 13.0 Å². The number of amides is 2. The molecule has 7 nitrogen and oxygen atoms in total. The second-order valence-corrected chi connectivity index (χ2v) is 4.91. The average molecular weight is 265 g/mol. The minimum Gasteiger partial charge on any atom is -0.481 e. The van der Waals surface area contributed by atoms with Crippen LogP contribution in [0.1, 0.15) is 25.7 Å². The van der Waals surface area contributed by atoms with Crippen molar-refractivity contribution in [1.82, 2.24) is 10.2 Å². The predicted octanol–water partition coefficient (Wildman–Crippen LogP) is -0.520. The van der Waals surface area contributed by atoms with E-state index in [1.807, 2.05) is 0 Å². The molecule has 0 aromatic rings. The Kier molecular flexibility index (Phi) is 3.69. The van der Waals surface area contributed by atoms with Crippen LogP contribution in [0.3, 0.4) is 0 Å². The number of rotatable bonds is 3. The van der Waals surface area contributed by atoms with Crippen LogP contribution in [0.25, 0.3) is 0 Å². The summed E-state index contributed by atoms with van der Waals surface area (Å²) in [6, 6.07) is 0.954. The van der Waals surface area contributed by atoms with Gasteiger partial charge in [-0.15, -0.1) is 0 Å². The summed E-state index contributed by atoms with van der Waals surface area (Å²) in [5.74, 6) is -2.38. The molecule has 102 valence electrons. The van der Waals surface area contributed by atoms with Gasteiger partial charge in [0.25, 0.3) is 0 Å². The van der Waals surface area contributed by atoms with Crippen LogP contribution in [-0.2, 0) is 14.4 Å². The normalized spacial score (nSPS) is 29.9. The van der Waals surface area contributed by atoms with E-state index in [9.17, 15) is 14.4 Å². The van der Waals surface area contributed by atoms with E-state index in [4.69, 9.17) is 10.4 Å². The Morgan fingerprint density at radius 3 is 2.89 bits per heavy atom. The molecule has 7 heteroatoms. The van der Waals surface area contributed by atoms with E-state index >= 15 is 0 Å². The van der Waals surface area contributed by atoms with Crippen molar-refractivity contribution in [3.8, 4) is 6.07 Å². The molecular weight excluding hydrogens is 250 g/mol. The summed E-state index contributed by atoms with van der Waals surface area (Å²) in [5.41, 5.74) is 0. The Morgan fingerprint density at radius 1 is 1.53 bits per heavy atom. The van der Waals surface area contributed by atoms with Crippen LogP contribution < -0.4 is 5.32 Å². The highest BCUT2D eigenvalue weighted by Gasteiger charge is 2.41. The second kappa shape index (κ2) is 5.26. The van der Waals surface area contributed by atoms with Crippen LogP contribution in [0, 0.1) is 17.2 Å². The summed E-state index contributed by atoms with van der Waals surface area (Å²) in [6.07, 6.45) is 1.36. The molecule has 2 heterocycles. The molecule has 2 fully saturated rings. The van der Waals surface area contributed by atoms with Crippen molar-refractivity contribution < 1.29 is 19.5 Å². The molecular formula is C12H15N3O4. The van der Waals surface area contributed by atoms with Gasteiger partial charge in [-0.2, -0.15) is 5.26 Å². The average Bonchev–Trinajstić information content (AvgIpc) is 2.95. The summed E-state index contributed by atoms with van der Waals surface area (Å²) < 4.78 is 0. The van der Waals surface area contributed by atoms with Crippen LogP contribution in [0.15, 0.2) is 0 Å². The minimum atomic E-state index is -1.05. The van der Waals surface area contributed by atoms with Gasteiger partial charge in [-0.1, -0.05) is 0 Å². The molecule has 0 spiro atoms. The molecule has 0 unspecified atom stereocenters. The first-order valence-electron chi connectivity index (χ1n) is 6.25. The summed E-state index contributed by atoms with van der Waals surface area (Å²) in [6.45, 7) is 0.521. The Hall–Kier alpha value is -2.10. The highest BCUT2D eigenvalue weighted by Crippen LogP contribution is 2.24. The minimum absolute atomic E-state index is 0.193. The molecule has 2 aliphatic heterocycles.